The van der Waals surface area contributed by atoms with Crippen LogP contribution in [-0.2, 0) is 4.79 Å². The number of ketones is 1. The zero-order valence-corrected chi connectivity index (χ0v) is 16.4. The van der Waals surface area contributed by atoms with Crippen LogP contribution in [-0.4, -0.2) is 33.6 Å². The van der Waals surface area contributed by atoms with Gasteiger partial charge in [0.1, 0.15) is 5.75 Å². The number of aromatic nitrogens is 2. The van der Waals surface area contributed by atoms with Crippen molar-refractivity contribution in [3.63, 3.8) is 0 Å². The maximum Gasteiger partial charge on any atom is 0.262 e. The smallest absolute Gasteiger partial charge is 0.262 e. The van der Waals surface area contributed by atoms with Crippen molar-refractivity contribution in [1.82, 2.24) is 9.55 Å². The lowest BCUT2D eigenvalue weighted by Gasteiger charge is -2.18. The Balaban J connectivity index is 1.48. The number of rotatable bonds is 5. The Labute approximate surface area is 168 Å². The number of nitrogens with zero attached hydrogens (tertiary/aromatic N) is 2. The van der Waals surface area contributed by atoms with Crippen molar-refractivity contribution in [3.05, 3.63) is 64.9 Å². The van der Waals surface area contributed by atoms with E-state index in [9.17, 15) is 9.59 Å². The van der Waals surface area contributed by atoms with E-state index in [0.717, 1.165) is 15.3 Å². The maximum absolute atomic E-state index is 12.6. The molecule has 0 spiro atoms. The third kappa shape index (κ3) is 3.91. The van der Waals surface area contributed by atoms with Crippen LogP contribution < -0.4 is 10.1 Å². The van der Waals surface area contributed by atoms with Gasteiger partial charge in [0.2, 0.25) is 0 Å². The van der Waals surface area contributed by atoms with Gasteiger partial charge in [-0.3, -0.25) is 14.2 Å². The van der Waals surface area contributed by atoms with E-state index < -0.39 is 0 Å². The van der Waals surface area contributed by atoms with Crippen LogP contribution in [0.25, 0.3) is 5.69 Å². The number of halogens is 1. The molecular weight excluding hydrogens is 430 g/mol. The fourth-order valence-corrected chi connectivity index (χ4v) is 3.80. The van der Waals surface area contributed by atoms with Gasteiger partial charge < -0.3 is 10.1 Å². The van der Waals surface area contributed by atoms with E-state index in [1.54, 1.807) is 24.4 Å². The van der Waals surface area contributed by atoms with Crippen molar-refractivity contribution in [1.29, 1.82) is 0 Å². The van der Waals surface area contributed by atoms with Gasteiger partial charge in [-0.1, -0.05) is 27.7 Å². The van der Waals surface area contributed by atoms with Gasteiger partial charge in [-0.15, -0.1) is 0 Å². The predicted octanol–water partition coefficient (Wildman–Crippen LogP) is 3.94. The second-order valence-electron chi connectivity index (χ2n) is 5.82. The second kappa shape index (κ2) is 7.58. The van der Waals surface area contributed by atoms with Crippen LogP contribution in [0.4, 0.5) is 5.69 Å². The van der Waals surface area contributed by atoms with Gasteiger partial charge in [0.05, 0.1) is 11.4 Å². The number of amides is 1. The van der Waals surface area contributed by atoms with Crippen LogP contribution in [0.2, 0.25) is 0 Å². The van der Waals surface area contributed by atoms with Crippen LogP contribution in [0, 0.1) is 0 Å². The Morgan fingerprint density at radius 2 is 2.07 bits per heavy atom. The molecule has 136 valence electrons. The molecule has 1 aromatic heterocycles. The van der Waals surface area contributed by atoms with Crippen molar-refractivity contribution in [2.75, 3.05) is 17.7 Å². The van der Waals surface area contributed by atoms with Crippen molar-refractivity contribution < 1.29 is 14.3 Å². The van der Waals surface area contributed by atoms with Gasteiger partial charge >= 0.3 is 0 Å². The van der Waals surface area contributed by atoms with Gasteiger partial charge in [-0.25, -0.2) is 4.98 Å². The molecule has 8 heteroatoms. The summed E-state index contributed by atoms with van der Waals surface area (Å²) in [6.07, 6.45) is 3.57. The lowest BCUT2D eigenvalue weighted by atomic mass is 10.1. The molecular formula is C19H14BrN3O3S. The number of hydrogen-bond donors (Lipinski definition) is 1. The average molecular weight is 444 g/mol. The van der Waals surface area contributed by atoms with Crippen LogP contribution in [0.5, 0.6) is 5.75 Å². The van der Waals surface area contributed by atoms with Crippen molar-refractivity contribution in [2.24, 2.45) is 0 Å². The Morgan fingerprint density at radius 3 is 2.89 bits per heavy atom. The fraction of sp³-hybridized carbons (Fsp3) is 0.105. The summed E-state index contributed by atoms with van der Waals surface area (Å²) >= 11 is 4.79. The van der Waals surface area contributed by atoms with Gasteiger partial charge in [0.25, 0.3) is 5.91 Å². The number of benzene rings is 2. The lowest BCUT2D eigenvalue weighted by molar-refractivity contribution is -0.118. The summed E-state index contributed by atoms with van der Waals surface area (Å²) in [6.45, 7) is -0.00510. The third-order valence-electron chi connectivity index (χ3n) is 3.98. The highest BCUT2D eigenvalue weighted by atomic mass is 79.9. The van der Waals surface area contributed by atoms with Gasteiger partial charge in [0, 0.05) is 28.1 Å². The summed E-state index contributed by atoms with van der Waals surface area (Å²) in [7, 11) is 0. The predicted molar refractivity (Wildman–Crippen MR) is 107 cm³/mol. The van der Waals surface area contributed by atoms with Crippen LogP contribution in [0.1, 0.15) is 10.4 Å². The number of ether oxygens (including phenoxy) is 1. The third-order valence-corrected chi connectivity index (χ3v) is 5.47. The number of fused-ring (bicyclic) bond motifs is 1. The highest BCUT2D eigenvalue weighted by molar-refractivity contribution is 9.10. The number of Topliss-reactive ketones (excluding diaryl/α,β-unsaturated/α-hetero) is 1. The Morgan fingerprint density at radius 1 is 1.26 bits per heavy atom. The minimum Gasteiger partial charge on any atom is -0.482 e. The summed E-state index contributed by atoms with van der Waals surface area (Å²) < 4.78 is 8.25. The molecule has 1 aliphatic rings. The number of hydrogen-bond acceptors (Lipinski definition) is 5. The van der Waals surface area contributed by atoms with E-state index in [4.69, 9.17) is 4.74 Å². The van der Waals surface area contributed by atoms with Gasteiger partial charge in [-0.2, -0.15) is 0 Å². The Hall–Kier alpha value is -2.58. The first-order chi connectivity index (χ1) is 13.1. The number of anilines is 1. The molecule has 2 aromatic carbocycles. The first-order valence-corrected chi connectivity index (χ1v) is 9.90. The highest BCUT2D eigenvalue weighted by Gasteiger charge is 2.18. The molecule has 4 rings (SSSR count). The van der Waals surface area contributed by atoms with E-state index >= 15 is 0 Å². The number of carbonyl (C=O) groups is 2. The first-order valence-electron chi connectivity index (χ1n) is 8.12. The molecule has 3 aromatic rings. The molecule has 1 amide bonds. The molecule has 0 atom stereocenters. The van der Waals surface area contributed by atoms with E-state index in [1.165, 1.54) is 11.8 Å². The van der Waals surface area contributed by atoms with E-state index in [2.05, 4.69) is 26.2 Å². The Bertz CT molecular complexity index is 1020. The van der Waals surface area contributed by atoms with E-state index in [1.807, 2.05) is 35.0 Å². The first kappa shape index (κ1) is 17.8. The average Bonchev–Trinajstić information content (AvgIpc) is 3.14. The highest BCUT2D eigenvalue weighted by Crippen LogP contribution is 2.29. The zero-order chi connectivity index (χ0) is 18.8. The normalized spacial score (nSPS) is 12.9. The maximum atomic E-state index is 12.6. The number of thioether (sulfide) groups is 1. The number of nitrogens with one attached hydrogen (secondary N) is 1. The minimum absolute atomic E-state index is 0.00510. The molecule has 1 aliphatic heterocycles. The van der Waals surface area contributed by atoms with Crippen LogP contribution in [0.15, 0.2) is 64.5 Å². The molecule has 0 radical (unpaired) electrons. The second-order valence-corrected chi connectivity index (χ2v) is 7.67. The topological polar surface area (TPSA) is 73.2 Å². The molecule has 0 saturated heterocycles. The minimum atomic E-state index is -0.224. The summed E-state index contributed by atoms with van der Waals surface area (Å²) in [5.41, 5.74) is 2.02. The SMILES string of the molecule is O=C1COc2ccc(C(=O)CSc3nccn3-c3ccc(Br)cc3)cc2N1. The molecule has 1 N–H and O–H groups in total. The summed E-state index contributed by atoms with van der Waals surface area (Å²) in [5.74, 6) is 0.539. The molecule has 0 fully saturated rings. The standard InChI is InChI=1S/C19H14BrN3O3S/c20-13-2-4-14(5-3-13)23-8-7-21-19(23)27-11-16(24)12-1-6-17-15(9-12)22-18(25)10-26-17/h1-9H,10-11H2,(H,22,25). The Kier molecular flexibility index (Phi) is 5.00. The largest absolute Gasteiger partial charge is 0.482 e. The van der Waals surface area contributed by atoms with Gasteiger partial charge in [0.15, 0.2) is 17.5 Å². The molecule has 0 saturated carbocycles. The van der Waals surface area contributed by atoms with Crippen molar-refractivity contribution in [3.8, 4) is 11.4 Å². The molecule has 27 heavy (non-hydrogen) atoms. The molecule has 6 nitrogen and oxygen atoms in total. The lowest BCUT2D eigenvalue weighted by Crippen LogP contribution is -2.25. The summed E-state index contributed by atoms with van der Waals surface area (Å²) in [5, 5.41) is 3.45. The van der Waals surface area contributed by atoms with Crippen LogP contribution >= 0.6 is 27.7 Å². The van der Waals surface area contributed by atoms with E-state index in [-0.39, 0.29) is 24.1 Å². The monoisotopic (exact) mass is 443 g/mol. The zero-order valence-electron chi connectivity index (χ0n) is 14.0. The number of imidazole rings is 1. The van der Waals surface area contributed by atoms with Crippen LogP contribution in [0.3, 0.4) is 0 Å². The molecule has 0 unspecified atom stereocenters. The molecule has 0 aliphatic carbocycles. The molecule has 2 heterocycles. The van der Waals surface area contributed by atoms with Crippen molar-refractivity contribution >= 4 is 45.1 Å². The molecule has 0 bridgehead atoms. The summed E-state index contributed by atoms with van der Waals surface area (Å²) in [6, 6.07) is 12.9. The summed E-state index contributed by atoms with van der Waals surface area (Å²) in [4.78, 5) is 28.4. The fourth-order valence-electron chi connectivity index (χ4n) is 2.66. The van der Waals surface area contributed by atoms with E-state index in [0.29, 0.717) is 17.0 Å². The van der Waals surface area contributed by atoms with Crippen molar-refractivity contribution in [2.45, 2.75) is 5.16 Å². The quantitative estimate of drug-likeness (QED) is 0.477. The van der Waals surface area contributed by atoms with Gasteiger partial charge in [-0.05, 0) is 42.5 Å². The number of carbonyl (C=O) groups excluding carboxylic acids is 2.